The van der Waals surface area contributed by atoms with E-state index in [1.165, 1.54) is 0 Å². The number of nitrogens with one attached hydrogen (secondary N) is 1. The molecular weight excluding hydrogens is 202 g/mol. The van der Waals surface area contributed by atoms with Crippen LogP contribution >= 0.6 is 0 Å². The van der Waals surface area contributed by atoms with Crippen molar-refractivity contribution in [1.82, 2.24) is 5.32 Å². The van der Waals surface area contributed by atoms with Crippen molar-refractivity contribution in [3.63, 3.8) is 0 Å². The fourth-order valence-electron chi connectivity index (χ4n) is 1.40. The molecule has 0 radical (unpaired) electrons. The van der Waals surface area contributed by atoms with Gasteiger partial charge in [-0.1, -0.05) is 24.1 Å². The summed E-state index contributed by atoms with van der Waals surface area (Å²) in [7, 11) is 1.62. The van der Waals surface area contributed by atoms with Crippen molar-refractivity contribution in [2.24, 2.45) is 0 Å². The molecule has 0 aliphatic rings. The van der Waals surface area contributed by atoms with Gasteiger partial charge in [-0.3, -0.25) is 4.79 Å². The van der Waals surface area contributed by atoms with Gasteiger partial charge in [0.15, 0.2) is 0 Å². The van der Waals surface area contributed by atoms with Crippen LogP contribution in [0.15, 0.2) is 24.3 Å². The Morgan fingerprint density at radius 3 is 2.94 bits per heavy atom. The second kappa shape index (κ2) is 6.52. The minimum Gasteiger partial charge on any atom is -0.496 e. The smallest absolute Gasteiger partial charge is 0.221 e. The van der Waals surface area contributed by atoms with E-state index in [0.717, 1.165) is 11.3 Å². The zero-order valence-corrected chi connectivity index (χ0v) is 9.32. The van der Waals surface area contributed by atoms with E-state index >= 15 is 0 Å². The number of ether oxygens (including phenoxy) is 1. The van der Waals surface area contributed by atoms with Crippen molar-refractivity contribution in [2.75, 3.05) is 13.7 Å². The van der Waals surface area contributed by atoms with Gasteiger partial charge in [0.25, 0.3) is 0 Å². The second-order valence-corrected chi connectivity index (χ2v) is 3.29. The number of carbonyl (C=O) groups excluding carboxylic acids is 1. The maximum Gasteiger partial charge on any atom is 0.221 e. The van der Waals surface area contributed by atoms with E-state index in [-0.39, 0.29) is 12.5 Å². The van der Waals surface area contributed by atoms with Gasteiger partial charge in [-0.15, -0.1) is 6.42 Å². The van der Waals surface area contributed by atoms with E-state index < -0.39 is 0 Å². The molecule has 0 aliphatic carbocycles. The predicted molar refractivity (Wildman–Crippen MR) is 63.2 cm³/mol. The lowest BCUT2D eigenvalue weighted by molar-refractivity contribution is -0.120. The van der Waals surface area contributed by atoms with Crippen molar-refractivity contribution in [2.45, 2.75) is 12.8 Å². The van der Waals surface area contributed by atoms with E-state index in [4.69, 9.17) is 11.2 Å². The molecule has 0 unspecified atom stereocenters. The van der Waals surface area contributed by atoms with E-state index in [2.05, 4.69) is 11.2 Å². The second-order valence-electron chi connectivity index (χ2n) is 3.29. The molecule has 84 valence electrons. The Kier molecular flexibility index (Phi) is 4.94. The van der Waals surface area contributed by atoms with Gasteiger partial charge in [0.1, 0.15) is 5.75 Å². The van der Waals surface area contributed by atoms with Gasteiger partial charge in [0.05, 0.1) is 13.7 Å². The Bertz CT molecular complexity index is 393. The Hall–Kier alpha value is -1.95. The Balaban J connectivity index is 2.48. The van der Waals surface area contributed by atoms with Crippen LogP contribution in [0.1, 0.15) is 12.0 Å². The molecular formula is C13H15NO2. The van der Waals surface area contributed by atoms with Gasteiger partial charge in [0, 0.05) is 6.42 Å². The summed E-state index contributed by atoms with van der Waals surface area (Å²) in [6.45, 7) is 0.282. The maximum absolute atomic E-state index is 11.3. The van der Waals surface area contributed by atoms with E-state index in [0.29, 0.717) is 12.8 Å². The SMILES string of the molecule is C#CCNC(=O)CCc1ccccc1OC. The summed E-state index contributed by atoms with van der Waals surface area (Å²) in [4.78, 5) is 11.3. The monoisotopic (exact) mass is 217 g/mol. The molecule has 1 rings (SSSR count). The lowest BCUT2D eigenvalue weighted by Gasteiger charge is -2.07. The van der Waals surface area contributed by atoms with Crippen LogP contribution < -0.4 is 10.1 Å². The van der Waals surface area contributed by atoms with Crippen LogP contribution in [0.4, 0.5) is 0 Å². The van der Waals surface area contributed by atoms with Crippen LogP contribution in [-0.4, -0.2) is 19.6 Å². The topological polar surface area (TPSA) is 38.3 Å². The first-order chi connectivity index (χ1) is 7.77. The summed E-state index contributed by atoms with van der Waals surface area (Å²) in [5.41, 5.74) is 1.03. The third-order valence-corrected chi connectivity index (χ3v) is 2.20. The van der Waals surface area contributed by atoms with Crippen LogP contribution in [0.3, 0.4) is 0 Å². The highest BCUT2D eigenvalue weighted by Gasteiger charge is 2.04. The van der Waals surface area contributed by atoms with Gasteiger partial charge in [0.2, 0.25) is 5.91 Å². The Morgan fingerprint density at radius 1 is 1.50 bits per heavy atom. The maximum atomic E-state index is 11.3. The largest absolute Gasteiger partial charge is 0.496 e. The fraction of sp³-hybridized carbons (Fsp3) is 0.308. The molecule has 0 saturated carbocycles. The minimum absolute atomic E-state index is 0.0381. The number of carbonyl (C=O) groups is 1. The first-order valence-corrected chi connectivity index (χ1v) is 5.10. The third-order valence-electron chi connectivity index (χ3n) is 2.20. The van der Waals surface area contributed by atoms with Crippen LogP contribution in [0.2, 0.25) is 0 Å². The number of hydrogen-bond acceptors (Lipinski definition) is 2. The summed E-state index contributed by atoms with van der Waals surface area (Å²) < 4.78 is 5.19. The molecule has 1 amide bonds. The average molecular weight is 217 g/mol. The Labute approximate surface area is 95.8 Å². The van der Waals surface area contributed by atoms with Crippen molar-refractivity contribution < 1.29 is 9.53 Å². The van der Waals surface area contributed by atoms with Gasteiger partial charge >= 0.3 is 0 Å². The number of terminal acetylenes is 1. The molecule has 0 heterocycles. The van der Waals surface area contributed by atoms with Gasteiger partial charge in [-0.05, 0) is 18.1 Å². The highest BCUT2D eigenvalue weighted by Crippen LogP contribution is 2.18. The third kappa shape index (κ3) is 3.66. The molecule has 3 nitrogen and oxygen atoms in total. The number of amides is 1. The summed E-state index contributed by atoms with van der Waals surface area (Å²) in [5.74, 6) is 3.14. The summed E-state index contributed by atoms with van der Waals surface area (Å²) >= 11 is 0. The van der Waals surface area contributed by atoms with Gasteiger partial charge in [-0.25, -0.2) is 0 Å². The first-order valence-electron chi connectivity index (χ1n) is 5.10. The molecule has 0 aromatic heterocycles. The van der Waals surface area contributed by atoms with E-state index in [1.807, 2.05) is 24.3 Å². The summed E-state index contributed by atoms with van der Waals surface area (Å²) in [6.07, 6.45) is 6.12. The Morgan fingerprint density at radius 2 is 2.25 bits per heavy atom. The zero-order valence-electron chi connectivity index (χ0n) is 9.32. The van der Waals surface area contributed by atoms with Crippen LogP contribution in [0.25, 0.3) is 0 Å². The predicted octanol–water partition coefficient (Wildman–Crippen LogP) is 1.38. The molecule has 1 aromatic carbocycles. The quantitative estimate of drug-likeness (QED) is 0.757. The highest BCUT2D eigenvalue weighted by atomic mass is 16.5. The van der Waals surface area contributed by atoms with Gasteiger partial charge in [-0.2, -0.15) is 0 Å². The van der Waals surface area contributed by atoms with Crippen LogP contribution in [0, 0.1) is 12.3 Å². The van der Waals surface area contributed by atoms with Crippen molar-refractivity contribution in [3.8, 4) is 18.1 Å². The normalized spacial score (nSPS) is 9.25. The summed E-state index contributed by atoms with van der Waals surface area (Å²) in [6, 6.07) is 7.67. The first kappa shape index (κ1) is 12.1. The van der Waals surface area contributed by atoms with E-state index in [1.54, 1.807) is 7.11 Å². The van der Waals surface area contributed by atoms with E-state index in [9.17, 15) is 4.79 Å². The van der Waals surface area contributed by atoms with Crippen molar-refractivity contribution in [3.05, 3.63) is 29.8 Å². The number of hydrogen-bond donors (Lipinski definition) is 1. The van der Waals surface area contributed by atoms with Crippen LogP contribution in [0.5, 0.6) is 5.75 Å². The van der Waals surface area contributed by atoms with Crippen molar-refractivity contribution >= 4 is 5.91 Å². The standard InChI is InChI=1S/C13H15NO2/c1-3-10-14-13(15)9-8-11-6-4-5-7-12(11)16-2/h1,4-7H,8-10H2,2H3,(H,14,15). The molecule has 1 aromatic rings. The molecule has 0 fully saturated rings. The van der Waals surface area contributed by atoms with Crippen molar-refractivity contribution in [1.29, 1.82) is 0 Å². The fourth-order valence-corrected chi connectivity index (χ4v) is 1.40. The molecule has 0 saturated heterocycles. The van der Waals surface area contributed by atoms with Gasteiger partial charge < -0.3 is 10.1 Å². The minimum atomic E-state index is -0.0381. The van der Waals surface area contributed by atoms with Crippen LogP contribution in [-0.2, 0) is 11.2 Å². The number of rotatable bonds is 5. The number of benzene rings is 1. The molecule has 0 atom stereocenters. The molecule has 3 heteroatoms. The number of methoxy groups -OCH3 is 1. The molecule has 0 spiro atoms. The summed E-state index contributed by atoms with van der Waals surface area (Å²) in [5, 5.41) is 2.62. The molecule has 1 N–H and O–H groups in total. The lowest BCUT2D eigenvalue weighted by Crippen LogP contribution is -2.23. The molecule has 16 heavy (non-hydrogen) atoms. The zero-order chi connectivity index (χ0) is 11.8. The lowest BCUT2D eigenvalue weighted by atomic mass is 10.1. The number of para-hydroxylation sites is 1. The molecule has 0 bridgehead atoms. The highest BCUT2D eigenvalue weighted by molar-refractivity contribution is 5.76. The number of aryl methyl sites for hydroxylation is 1. The molecule has 0 aliphatic heterocycles. The average Bonchev–Trinajstić information content (AvgIpc) is 2.34.